The molecule has 0 spiro atoms. The molecular weight excluding hydrogens is 484 g/mol. The number of carboxylic acids is 1. The molecule has 0 aromatic heterocycles. The van der Waals surface area contributed by atoms with E-state index >= 15 is 0 Å². The summed E-state index contributed by atoms with van der Waals surface area (Å²) in [5.41, 5.74) is 2.36. The van der Waals surface area contributed by atoms with Gasteiger partial charge in [-0.1, -0.05) is 11.8 Å². The minimum atomic E-state index is -1.16. The Morgan fingerprint density at radius 2 is 1.61 bits per heavy atom. The molecule has 6 rings (SSSR count). The minimum absolute atomic E-state index is 0.0232. The normalized spacial score (nSPS) is 25.8. The Bertz CT molecular complexity index is 1200. The summed E-state index contributed by atoms with van der Waals surface area (Å²) in [6.07, 6.45) is 6.13. The van der Waals surface area contributed by atoms with Crippen LogP contribution < -0.4 is 14.2 Å². The molecule has 0 aliphatic heterocycles. The van der Waals surface area contributed by atoms with E-state index in [0.29, 0.717) is 35.0 Å². The topological polar surface area (TPSA) is 94.5 Å². The van der Waals surface area contributed by atoms with E-state index in [2.05, 4.69) is 11.8 Å². The van der Waals surface area contributed by atoms with Crippen molar-refractivity contribution in [1.82, 2.24) is 0 Å². The van der Waals surface area contributed by atoms with Gasteiger partial charge in [0.1, 0.15) is 6.10 Å². The summed E-state index contributed by atoms with van der Waals surface area (Å²) in [4.78, 5) is 11.2. The largest absolute Gasteiger partial charge is 0.492 e. The fourth-order valence-corrected chi connectivity index (χ4v) is 7.33. The molecule has 0 amide bonds. The van der Waals surface area contributed by atoms with Gasteiger partial charge in [-0.3, -0.25) is 0 Å². The molecule has 1 unspecified atom stereocenters. The Balaban J connectivity index is 1.58. The SMILES string of the molecule is CCOCOc1c(OC)c(C(O)C#Cc2ccc(C(=O)O)cc2)cc(C23CC4CC(CC(C4)C2)C3)c1OC. The second-order valence-electron chi connectivity index (χ2n) is 10.9. The number of aliphatic hydroxyl groups is 1. The van der Waals surface area contributed by atoms with E-state index in [1.807, 2.05) is 13.0 Å². The van der Waals surface area contributed by atoms with Crippen LogP contribution in [0.1, 0.15) is 78.6 Å². The molecule has 2 N–H and O–H groups in total. The van der Waals surface area contributed by atoms with Gasteiger partial charge in [0.15, 0.2) is 18.3 Å². The number of methoxy groups -OCH3 is 2. The number of carboxylic acid groups (broad SMARTS) is 1. The van der Waals surface area contributed by atoms with Crippen LogP contribution in [0.4, 0.5) is 0 Å². The quantitative estimate of drug-likeness (QED) is 0.262. The predicted molar refractivity (Wildman–Crippen MR) is 142 cm³/mol. The van der Waals surface area contributed by atoms with Crippen molar-refractivity contribution < 1.29 is 34.0 Å². The highest BCUT2D eigenvalue weighted by Gasteiger charge is 2.53. The summed E-state index contributed by atoms with van der Waals surface area (Å²) in [7, 11) is 3.20. The molecule has 4 aliphatic rings. The van der Waals surface area contributed by atoms with Gasteiger partial charge in [-0.25, -0.2) is 4.79 Å². The lowest BCUT2D eigenvalue weighted by Crippen LogP contribution is -2.48. The summed E-state index contributed by atoms with van der Waals surface area (Å²) < 4.78 is 23.4. The van der Waals surface area contributed by atoms with Crippen LogP contribution in [0, 0.1) is 29.6 Å². The standard InChI is InChI=1S/C31H36O7/c1-4-37-18-38-29-27(35-2)24(26(32)10-7-19-5-8-23(9-6-19)30(33)34)14-25(28(29)36-3)31-15-20-11-21(16-31)13-22(12-20)17-31/h5-6,8-9,14,20-22,26,32H,4,11-13,15-18H2,1-3H3,(H,33,34). The van der Waals surface area contributed by atoms with Crippen molar-refractivity contribution in [1.29, 1.82) is 0 Å². The van der Waals surface area contributed by atoms with Crippen LogP contribution in [0.5, 0.6) is 17.2 Å². The first-order chi connectivity index (χ1) is 18.4. The Morgan fingerprint density at radius 1 is 1.00 bits per heavy atom. The first kappa shape index (κ1) is 26.4. The van der Waals surface area contributed by atoms with Crippen molar-refractivity contribution in [2.45, 2.75) is 57.0 Å². The van der Waals surface area contributed by atoms with E-state index in [1.165, 1.54) is 31.4 Å². The summed E-state index contributed by atoms with van der Waals surface area (Å²) in [5, 5.41) is 20.5. The number of aromatic carboxylic acids is 1. The van der Waals surface area contributed by atoms with Crippen molar-refractivity contribution >= 4 is 5.97 Å². The molecule has 0 radical (unpaired) electrons. The van der Waals surface area contributed by atoms with Crippen LogP contribution in [0.15, 0.2) is 30.3 Å². The van der Waals surface area contributed by atoms with Gasteiger partial charge in [0.05, 0.1) is 19.8 Å². The molecule has 0 heterocycles. The zero-order valence-corrected chi connectivity index (χ0v) is 22.3. The zero-order chi connectivity index (χ0) is 26.9. The summed E-state index contributed by atoms with van der Waals surface area (Å²) >= 11 is 0. The second-order valence-corrected chi connectivity index (χ2v) is 10.9. The van der Waals surface area contributed by atoms with E-state index in [-0.39, 0.29) is 17.8 Å². The van der Waals surface area contributed by atoms with Crippen molar-refractivity contribution in [3.05, 3.63) is 52.6 Å². The van der Waals surface area contributed by atoms with Crippen LogP contribution in [0.25, 0.3) is 0 Å². The van der Waals surface area contributed by atoms with Crippen LogP contribution in [-0.2, 0) is 10.2 Å². The first-order valence-corrected chi connectivity index (χ1v) is 13.4. The van der Waals surface area contributed by atoms with Gasteiger partial charge < -0.3 is 29.2 Å². The van der Waals surface area contributed by atoms with Crippen LogP contribution >= 0.6 is 0 Å². The fraction of sp³-hybridized carbons (Fsp3) is 0.516. The lowest BCUT2D eigenvalue weighted by atomic mass is 9.48. The van der Waals surface area contributed by atoms with E-state index in [4.69, 9.17) is 24.1 Å². The highest BCUT2D eigenvalue weighted by Crippen LogP contribution is 2.63. The molecule has 2 aromatic carbocycles. The maximum absolute atomic E-state index is 11.3. The van der Waals surface area contributed by atoms with Gasteiger partial charge in [-0.2, -0.15) is 0 Å². The smallest absolute Gasteiger partial charge is 0.335 e. The van der Waals surface area contributed by atoms with Crippen LogP contribution in [0.3, 0.4) is 0 Å². The van der Waals surface area contributed by atoms with E-state index in [0.717, 1.165) is 42.6 Å². The predicted octanol–water partition coefficient (Wildman–Crippen LogP) is 5.33. The maximum Gasteiger partial charge on any atom is 0.335 e. The van der Waals surface area contributed by atoms with Gasteiger partial charge in [0, 0.05) is 23.3 Å². The maximum atomic E-state index is 11.3. The summed E-state index contributed by atoms with van der Waals surface area (Å²) in [6, 6.07) is 8.28. The third kappa shape index (κ3) is 4.95. The van der Waals surface area contributed by atoms with Gasteiger partial charge in [0.25, 0.3) is 0 Å². The Labute approximate surface area is 224 Å². The number of hydrogen-bond acceptors (Lipinski definition) is 6. The van der Waals surface area contributed by atoms with Crippen LogP contribution in [-0.4, -0.2) is 43.8 Å². The monoisotopic (exact) mass is 520 g/mol. The van der Waals surface area contributed by atoms with Gasteiger partial charge >= 0.3 is 5.97 Å². The summed E-state index contributed by atoms with van der Waals surface area (Å²) in [6.45, 7) is 2.43. The molecule has 38 heavy (non-hydrogen) atoms. The summed E-state index contributed by atoms with van der Waals surface area (Å²) in [5.74, 6) is 8.52. The molecule has 0 saturated heterocycles. The Kier molecular flexibility index (Phi) is 7.56. The Morgan fingerprint density at radius 3 is 2.13 bits per heavy atom. The average Bonchev–Trinajstić information content (AvgIpc) is 2.90. The number of ether oxygens (including phenoxy) is 4. The lowest BCUT2D eigenvalue weighted by molar-refractivity contribution is -0.00737. The van der Waals surface area contributed by atoms with Gasteiger partial charge in [0.2, 0.25) is 5.75 Å². The molecule has 4 fully saturated rings. The minimum Gasteiger partial charge on any atom is -0.492 e. The van der Waals surface area contributed by atoms with Gasteiger partial charge in [-0.05, 0) is 98.9 Å². The highest BCUT2D eigenvalue weighted by molar-refractivity contribution is 5.87. The number of hydrogen-bond donors (Lipinski definition) is 2. The third-order valence-corrected chi connectivity index (χ3v) is 8.51. The molecule has 2 aromatic rings. The molecule has 4 saturated carbocycles. The van der Waals surface area contributed by atoms with Crippen molar-refractivity contribution in [2.24, 2.45) is 17.8 Å². The average molecular weight is 521 g/mol. The molecule has 7 heteroatoms. The lowest BCUT2D eigenvalue weighted by Gasteiger charge is -2.57. The van der Waals surface area contributed by atoms with E-state index < -0.39 is 12.1 Å². The zero-order valence-electron chi connectivity index (χ0n) is 22.3. The third-order valence-electron chi connectivity index (χ3n) is 8.51. The van der Waals surface area contributed by atoms with Crippen molar-refractivity contribution in [3.8, 4) is 29.1 Å². The van der Waals surface area contributed by atoms with E-state index in [1.54, 1.807) is 26.4 Å². The fourth-order valence-electron chi connectivity index (χ4n) is 7.33. The molecular formula is C31H36O7. The molecule has 4 bridgehead atoms. The number of carbonyl (C=O) groups is 1. The molecule has 1 atom stereocenters. The van der Waals surface area contributed by atoms with Crippen molar-refractivity contribution in [3.63, 3.8) is 0 Å². The molecule has 202 valence electrons. The first-order valence-electron chi connectivity index (χ1n) is 13.4. The number of rotatable bonds is 9. The molecule has 4 aliphatic carbocycles. The Hall–Kier alpha value is -3.21. The highest BCUT2D eigenvalue weighted by atomic mass is 16.7. The van der Waals surface area contributed by atoms with Crippen LogP contribution in [0.2, 0.25) is 0 Å². The van der Waals surface area contributed by atoms with E-state index in [9.17, 15) is 9.90 Å². The van der Waals surface area contributed by atoms with Gasteiger partial charge in [-0.15, -0.1) is 0 Å². The second kappa shape index (κ2) is 10.9. The van der Waals surface area contributed by atoms with Crippen molar-refractivity contribution in [2.75, 3.05) is 27.6 Å². The molecule has 7 nitrogen and oxygen atoms in total. The number of benzene rings is 2. The number of aliphatic hydroxyl groups excluding tert-OH is 1.